The van der Waals surface area contributed by atoms with Gasteiger partial charge < -0.3 is 4.98 Å². The van der Waals surface area contributed by atoms with Crippen LogP contribution in [0, 0.1) is 0 Å². The number of aromatic amines is 1. The fraction of sp³-hybridized carbons (Fsp3) is 0.250. The summed E-state index contributed by atoms with van der Waals surface area (Å²) in [6, 6.07) is 0.372. The maximum Gasteiger partial charge on any atom is 0.431 e. The number of ketones is 1. The molecule has 3 nitrogen and oxygen atoms in total. The molecule has 0 atom stereocenters. The van der Waals surface area contributed by atoms with E-state index in [1.165, 1.54) is 0 Å². The molecule has 0 unspecified atom stereocenters. The summed E-state index contributed by atoms with van der Waals surface area (Å²) in [6.07, 6.45) is -3.83. The molecule has 0 amide bonds. The van der Waals surface area contributed by atoms with Crippen LogP contribution in [0.4, 0.5) is 13.2 Å². The minimum Gasteiger partial charge on any atom is -0.357 e. The zero-order valence-corrected chi connectivity index (χ0v) is 7.11. The van der Waals surface area contributed by atoms with Crippen LogP contribution in [0.5, 0.6) is 0 Å². The van der Waals surface area contributed by atoms with Crippen molar-refractivity contribution in [2.24, 2.45) is 0 Å². The SMILES string of the molecule is CC(=O)c1c[nH]c(C(F)(F)F)cc1=O. The molecule has 0 aliphatic carbocycles. The molecule has 0 saturated carbocycles. The van der Waals surface area contributed by atoms with E-state index in [4.69, 9.17) is 0 Å². The van der Waals surface area contributed by atoms with Gasteiger partial charge >= 0.3 is 6.18 Å². The van der Waals surface area contributed by atoms with Crippen LogP contribution in [0.1, 0.15) is 23.0 Å². The summed E-state index contributed by atoms with van der Waals surface area (Å²) in [5.74, 6) is -0.569. The van der Waals surface area contributed by atoms with Crippen molar-refractivity contribution >= 4 is 5.78 Å². The molecule has 0 aromatic carbocycles. The average molecular weight is 205 g/mol. The first-order valence-corrected chi connectivity index (χ1v) is 3.63. The molecule has 0 saturated heterocycles. The largest absolute Gasteiger partial charge is 0.431 e. The highest BCUT2D eigenvalue weighted by molar-refractivity contribution is 5.93. The first kappa shape index (κ1) is 10.5. The third-order valence-corrected chi connectivity index (χ3v) is 1.60. The fourth-order valence-corrected chi connectivity index (χ4v) is 0.910. The van der Waals surface area contributed by atoms with Gasteiger partial charge in [0.25, 0.3) is 0 Å². The second-order valence-electron chi connectivity index (χ2n) is 2.68. The summed E-state index contributed by atoms with van der Waals surface area (Å²) < 4.78 is 36.1. The van der Waals surface area contributed by atoms with Crippen LogP contribution in [-0.2, 0) is 6.18 Å². The molecule has 6 heteroatoms. The van der Waals surface area contributed by atoms with Crippen molar-refractivity contribution < 1.29 is 18.0 Å². The Labute approximate surface area is 76.6 Å². The van der Waals surface area contributed by atoms with Crippen LogP contribution in [-0.4, -0.2) is 10.8 Å². The van der Waals surface area contributed by atoms with Crippen molar-refractivity contribution in [3.8, 4) is 0 Å². The van der Waals surface area contributed by atoms with E-state index < -0.39 is 23.1 Å². The van der Waals surface area contributed by atoms with Crippen LogP contribution in [0.25, 0.3) is 0 Å². The van der Waals surface area contributed by atoms with Gasteiger partial charge in [0.05, 0.1) is 5.56 Å². The summed E-state index contributed by atoms with van der Waals surface area (Å²) in [7, 11) is 0. The van der Waals surface area contributed by atoms with Crippen LogP contribution < -0.4 is 5.43 Å². The van der Waals surface area contributed by atoms with Gasteiger partial charge in [-0.2, -0.15) is 13.2 Å². The Bertz CT molecular complexity index is 419. The predicted molar refractivity (Wildman–Crippen MR) is 42.1 cm³/mol. The zero-order valence-electron chi connectivity index (χ0n) is 7.11. The summed E-state index contributed by atoms with van der Waals surface area (Å²) in [6.45, 7) is 1.11. The Morgan fingerprint density at radius 1 is 1.43 bits per heavy atom. The van der Waals surface area contributed by atoms with Crippen LogP contribution in [0.15, 0.2) is 17.1 Å². The average Bonchev–Trinajstić information content (AvgIpc) is 2.01. The van der Waals surface area contributed by atoms with E-state index in [-0.39, 0.29) is 5.56 Å². The second kappa shape index (κ2) is 3.28. The molecule has 0 spiro atoms. The predicted octanol–water partition coefficient (Wildman–Crippen LogP) is 1.60. The molecule has 76 valence electrons. The van der Waals surface area contributed by atoms with Gasteiger partial charge in [0.1, 0.15) is 5.69 Å². The highest BCUT2D eigenvalue weighted by atomic mass is 19.4. The molecular weight excluding hydrogens is 199 g/mol. The topological polar surface area (TPSA) is 49.9 Å². The smallest absolute Gasteiger partial charge is 0.357 e. The normalized spacial score (nSPS) is 11.4. The summed E-state index contributed by atoms with van der Waals surface area (Å²) in [4.78, 5) is 23.6. The van der Waals surface area contributed by atoms with Gasteiger partial charge in [-0.15, -0.1) is 0 Å². The molecule has 1 N–H and O–H groups in total. The first-order valence-electron chi connectivity index (χ1n) is 3.63. The van der Waals surface area contributed by atoms with E-state index in [1.807, 2.05) is 4.98 Å². The van der Waals surface area contributed by atoms with Crippen molar-refractivity contribution in [3.63, 3.8) is 0 Å². The number of alkyl halides is 3. The third-order valence-electron chi connectivity index (χ3n) is 1.60. The lowest BCUT2D eigenvalue weighted by atomic mass is 10.2. The Kier molecular flexibility index (Phi) is 2.46. The standard InChI is InChI=1S/C8H6F3NO2/c1-4(13)5-3-12-7(2-6(5)14)8(9,10)11/h2-3H,1H3,(H,12,14). The number of nitrogens with one attached hydrogen (secondary N) is 1. The van der Waals surface area contributed by atoms with E-state index in [2.05, 4.69) is 0 Å². The monoisotopic (exact) mass is 205 g/mol. The Balaban J connectivity index is 3.27. The number of hydrogen-bond acceptors (Lipinski definition) is 2. The van der Waals surface area contributed by atoms with Crippen LogP contribution in [0.2, 0.25) is 0 Å². The van der Waals surface area contributed by atoms with Gasteiger partial charge in [-0.05, 0) is 6.92 Å². The van der Waals surface area contributed by atoms with Crippen molar-refractivity contribution in [1.82, 2.24) is 4.98 Å². The highest BCUT2D eigenvalue weighted by Gasteiger charge is 2.32. The highest BCUT2D eigenvalue weighted by Crippen LogP contribution is 2.26. The van der Waals surface area contributed by atoms with E-state index in [0.717, 1.165) is 13.1 Å². The van der Waals surface area contributed by atoms with Crippen molar-refractivity contribution in [1.29, 1.82) is 0 Å². The maximum atomic E-state index is 12.0. The molecule has 0 aliphatic heterocycles. The molecule has 0 radical (unpaired) electrons. The van der Waals surface area contributed by atoms with Gasteiger partial charge in [0.2, 0.25) is 0 Å². The number of halogens is 3. The van der Waals surface area contributed by atoms with Gasteiger partial charge in [-0.25, -0.2) is 0 Å². The Morgan fingerprint density at radius 2 is 2.00 bits per heavy atom. The molecule has 1 heterocycles. The summed E-state index contributed by atoms with van der Waals surface area (Å²) in [5.41, 5.74) is -2.37. The van der Waals surface area contributed by atoms with Crippen molar-refractivity contribution in [2.75, 3.05) is 0 Å². The number of H-pyrrole nitrogens is 1. The zero-order chi connectivity index (χ0) is 10.9. The van der Waals surface area contributed by atoms with Gasteiger partial charge in [-0.3, -0.25) is 9.59 Å². The number of Topliss-reactive ketones (excluding diaryl/α,β-unsaturated/α-hetero) is 1. The molecule has 14 heavy (non-hydrogen) atoms. The van der Waals surface area contributed by atoms with Crippen LogP contribution >= 0.6 is 0 Å². The molecule has 0 aliphatic rings. The lowest BCUT2D eigenvalue weighted by Crippen LogP contribution is -2.18. The molecule has 0 fully saturated rings. The van der Waals surface area contributed by atoms with Crippen molar-refractivity contribution in [2.45, 2.75) is 13.1 Å². The lowest BCUT2D eigenvalue weighted by molar-refractivity contribution is -0.141. The number of carbonyl (C=O) groups is 1. The Hall–Kier alpha value is -1.59. The molecule has 1 aromatic rings. The van der Waals surface area contributed by atoms with E-state index >= 15 is 0 Å². The van der Waals surface area contributed by atoms with E-state index in [1.54, 1.807) is 0 Å². The minimum absolute atomic E-state index is 0.280. The molecule has 1 aromatic heterocycles. The quantitative estimate of drug-likeness (QED) is 0.708. The number of hydrogen-bond donors (Lipinski definition) is 1. The molecular formula is C8H6F3NO2. The first-order chi connectivity index (χ1) is 6.32. The van der Waals surface area contributed by atoms with Crippen molar-refractivity contribution in [3.05, 3.63) is 33.7 Å². The number of carbonyl (C=O) groups excluding carboxylic acids is 1. The van der Waals surface area contributed by atoms with E-state index in [9.17, 15) is 22.8 Å². The summed E-state index contributed by atoms with van der Waals surface area (Å²) in [5, 5.41) is 0. The maximum absolute atomic E-state index is 12.0. The minimum atomic E-state index is -4.60. The lowest BCUT2D eigenvalue weighted by Gasteiger charge is -2.05. The number of rotatable bonds is 1. The fourth-order valence-electron chi connectivity index (χ4n) is 0.910. The summed E-state index contributed by atoms with van der Waals surface area (Å²) >= 11 is 0. The van der Waals surface area contributed by atoms with E-state index in [0.29, 0.717) is 6.07 Å². The number of pyridine rings is 1. The Morgan fingerprint density at radius 3 is 2.36 bits per heavy atom. The van der Waals surface area contributed by atoms with Gasteiger partial charge in [-0.1, -0.05) is 0 Å². The van der Waals surface area contributed by atoms with Crippen LogP contribution in [0.3, 0.4) is 0 Å². The third kappa shape index (κ3) is 2.01. The van der Waals surface area contributed by atoms with Gasteiger partial charge in [0, 0.05) is 12.3 Å². The molecule has 0 bridgehead atoms. The molecule has 1 rings (SSSR count). The number of aromatic nitrogens is 1. The second-order valence-corrected chi connectivity index (χ2v) is 2.68. The van der Waals surface area contributed by atoms with Gasteiger partial charge in [0.15, 0.2) is 11.2 Å².